The molecule has 0 aromatic rings. The van der Waals surface area contributed by atoms with Gasteiger partial charge in [-0.2, -0.15) is 0 Å². The molecular formula is C11H23NO2. The number of unbranched alkanes of at least 4 members (excludes halogenated alkanes) is 2. The molecule has 0 bridgehead atoms. The molecule has 0 aromatic carbocycles. The summed E-state index contributed by atoms with van der Waals surface area (Å²) in [5.41, 5.74) is 0. The fourth-order valence-electron chi connectivity index (χ4n) is 1.37. The van der Waals surface area contributed by atoms with Gasteiger partial charge in [0.15, 0.2) is 0 Å². The van der Waals surface area contributed by atoms with Crippen LogP contribution in [-0.4, -0.2) is 37.1 Å². The lowest BCUT2D eigenvalue weighted by Gasteiger charge is -2.17. The Morgan fingerprint density at radius 1 is 1.14 bits per heavy atom. The van der Waals surface area contributed by atoms with Gasteiger partial charge in [0.1, 0.15) is 0 Å². The molecule has 14 heavy (non-hydrogen) atoms. The molecule has 0 atom stereocenters. The van der Waals surface area contributed by atoms with E-state index in [4.69, 9.17) is 4.74 Å². The van der Waals surface area contributed by atoms with Gasteiger partial charge in [-0.05, 0) is 38.9 Å². The quantitative estimate of drug-likeness (QED) is 0.445. The van der Waals surface area contributed by atoms with Crippen LogP contribution in [0, 0.1) is 0 Å². The van der Waals surface area contributed by atoms with Crippen LogP contribution in [0.25, 0.3) is 0 Å². The first-order chi connectivity index (χ1) is 6.70. The molecule has 0 rings (SSSR count). The molecule has 0 radical (unpaired) electrons. The predicted octanol–water partition coefficient (Wildman–Crippen LogP) is 2.06. The lowest BCUT2D eigenvalue weighted by molar-refractivity contribution is -0.141. The van der Waals surface area contributed by atoms with E-state index in [0.717, 1.165) is 32.5 Å². The van der Waals surface area contributed by atoms with Crippen molar-refractivity contribution in [3.63, 3.8) is 0 Å². The van der Waals surface area contributed by atoms with Gasteiger partial charge in [0, 0.05) is 6.92 Å². The van der Waals surface area contributed by atoms with Crippen molar-refractivity contribution in [2.75, 3.05) is 26.2 Å². The summed E-state index contributed by atoms with van der Waals surface area (Å²) in [5, 5.41) is 0. The average molecular weight is 201 g/mol. The SMILES string of the molecule is CCN(CC)CCCCCOC(C)=O. The molecule has 0 amide bonds. The van der Waals surface area contributed by atoms with Crippen LogP contribution < -0.4 is 0 Å². The monoisotopic (exact) mass is 201 g/mol. The van der Waals surface area contributed by atoms with E-state index >= 15 is 0 Å². The van der Waals surface area contributed by atoms with Crippen LogP contribution in [0.2, 0.25) is 0 Å². The highest BCUT2D eigenvalue weighted by molar-refractivity contribution is 5.65. The minimum atomic E-state index is -0.172. The van der Waals surface area contributed by atoms with Crippen LogP contribution in [-0.2, 0) is 9.53 Å². The minimum Gasteiger partial charge on any atom is -0.466 e. The zero-order valence-corrected chi connectivity index (χ0v) is 9.71. The summed E-state index contributed by atoms with van der Waals surface area (Å²) in [6, 6.07) is 0. The third-order valence-electron chi connectivity index (χ3n) is 2.32. The number of hydrogen-bond acceptors (Lipinski definition) is 3. The summed E-state index contributed by atoms with van der Waals surface area (Å²) in [4.78, 5) is 12.9. The molecule has 0 heterocycles. The second kappa shape index (κ2) is 9.00. The van der Waals surface area contributed by atoms with Gasteiger partial charge in [-0.25, -0.2) is 0 Å². The molecule has 0 aliphatic rings. The van der Waals surface area contributed by atoms with Crippen LogP contribution >= 0.6 is 0 Å². The molecule has 0 aliphatic heterocycles. The Kier molecular flexibility index (Phi) is 8.64. The topological polar surface area (TPSA) is 29.5 Å². The summed E-state index contributed by atoms with van der Waals surface area (Å²) in [7, 11) is 0. The number of ether oxygens (including phenoxy) is 1. The van der Waals surface area contributed by atoms with Gasteiger partial charge in [0.2, 0.25) is 0 Å². The number of rotatable bonds is 8. The first kappa shape index (κ1) is 13.4. The Balaban J connectivity index is 3.16. The van der Waals surface area contributed by atoms with Crippen molar-refractivity contribution in [3.05, 3.63) is 0 Å². The average Bonchev–Trinajstić information content (AvgIpc) is 2.16. The first-order valence-corrected chi connectivity index (χ1v) is 5.56. The number of hydrogen-bond donors (Lipinski definition) is 0. The lowest BCUT2D eigenvalue weighted by atomic mass is 10.2. The molecule has 84 valence electrons. The molecule has 0 spiro atoms. The van der Waals surface area contributed by atoms with Gasteiger partial charge in [-0.3, -0.25) is 4.79 Å². The Hall–Kier alpha value is -0.570. The van der Waals surface area contributed by atoms with Crippen LogP contribution in [0.5, 0.6) is 0 Å². The minimum absolute atomic E-state index is 0.172. The molecule has 0 unspecified atom stereocenters. The molecular weight excluding hydrogens is 178 g/mol. The van der Waals surface area contributed by atoms with Crippen LogP contribution in [0.4, 0.5) is 0 Å². The van der Waals surface area contributed by atoms with Gasteiger partial charge in [0.05, 0.1) is 6.61 Å². The van der Waals surface area contributed by atoms with Crippen LogP contribution in [0.1, 0.15) is 40.0 Å². The third kappa shape index (κ3) is 8.05. The third-order valence-corrected chi connectivity index (χ3v) is 2.32. The van der Waals surface area contributed by atoms with E-state index in [0.29, 0.717) is 6.61 Å². The summed E-state index contributed by atoms with van der Waals surface area (Å²) < 4.78 is 4.85. The van der Waals surface area contributed by atoms with Gasteiger partial charge >= 0.3 is 5.97 Å². The highest BCUT2D eigenvalue weighted by Crippen LogP contribution is 1.99. The van der Waals surface area contributed by atoms with E-state index in [9.17, 15) is 4.79 Å². The van der Waals surface area contributed by atoms with E-state index in [2.05, 4.69) is 18.7 Å². The van der Waals surface area contributed by atoms with Crippen molar-refractivity contribution >= 4 is 5.97 Å². The van der Waals surface area contributed by atoms with Gasteiger partial charge in [0.25, 0.3) is 0 Å². The maximum atomic E-state index is 10.4. The Morgan fingerprint density at radius 2 is 1.79 bits per heavy atom. The zero-order chi connectivity index (χ0) is 10.8. The lowest BCUT2D eigenvalue weighted by Crippen LogP contribution is -2.23. The summed E-state index contributed by atoms with van der Waals surface area (Å²) in [6.07, 6.45) is 3.33. The van der Waals surface area contributed by atoms with E-state index in [1.807, 2.05) is 0 Å². The summed E-state index contributed by atoms with van der Waals surface area (Å²) in [6.45, 7) is 9.81. The summed E-state index contributed by atoms with van der Waals surface area (Å²) >= 11 is 0. The standard InChI is InChI=1S/C11H23NO2/c1-4-12(5-2)9-7-6-8-10-14-11(3)13/h4-10H2,1-3H3. The van der Waals surface area contributed by atoms with Crippen LogP contribution in [0.3, 0.4) is 0 Å². The van der Waals surface area contributed by atoms with Crippen LogP contribution in [0.15, 0.2) is 0 Å². The van der Waals surface area contributed by atoms with E-state index in [1.54, 1.807) is 0 Å². The molecule has 0 fully saturated rings. The highest BCUT2D eigenvalue weighted by Gasteiger charge is 1.98. The number of nitrogens with zero attached hydrogens (tertiary/aromatic N) is 1. The molecule has 0 saturated carbocycles. The van der Waals surface area contributed by atoms with E-state index in [-0.39, 0.29) is 5.97 Å². The number of esters is 1. The largest absolute Gasteiger partial charge is 0.466 e. The number of carbonyl (C=O) groups excluding carboxylic acids is 1. The van der Waals surface area contributed by atoms with Crippen molar-refractivity contribution < 1.29 is 9.53 Å². The Morgan fingerprint density at radius 3 is 2.29 bits per heavy atom. The molecule has 3 heteroatoms. The number of carbonyl (C=O) groups is 1. The maximum absolute atomic E-state index is 10.4. The molecule has 0 N–H and O–H groups in total. The van der Waals surface area contributed by atoms with Gasteiger partial charge in [-0.1, -0.05) is 13.8 Å². The van der Waals surface area contributed by atoms with Crippen molar-refractivity contribution in [3.8, 4) is 0 Å². The highest BCUT2D eigenvalue weighted by atomic mass is 16.5. The molecule has 0 aromatic heterocycles. The Bertz CT molecular complexity index is 144. The molecule has 3 nitrogen and oxygen atoms in total. The van der Waals surface area contributed by atoms with Crippen molar-refractivity contribution in [1.82, 2.24) is 4.90 Å². The van der Waals surface area contributed by atoms with Crippen molar-refractivity contribution in [1.29, 1.82) is 0 Å². The smallest absolute Gasteiger partial charge is 0.302 e. The first-order valence-electron chi connectivity index (χ1n) is 5.56. The second-order valence-corrected chi connectivity index (χ2v) is 3.43. The van der Waals surface area contributed by atoms with E-state index in [1.165, 1.54) is 13.3 Å². The maximum Gasteiger partial charge on any atom is 0.302 e. The fraction of sp³-hybridized carbons (Fsp3) is 0.909. The van der Waals surface area contributed by atoms with Crippen molar-refractivity contribution in [2.24, 2.45) is 0 Å². The van der Waals surface area contributed by atoms with E-state index < -0.39 is 0 Å². The normalized spacial score (nSPS) is 10.6. The second-order valence-electron chi connectivity index (χ2n) is 3.43. The summed E-state index contributed by atoms with van der Waals surface area (Å²) in [5.74, 6) is -0.172. The van der Waals surface area contributed by atoms with Crippen molar-refractivity contribution in [2.45, 2.75) is 40.0 Å². The van der Waals surface area contributed by atoms with Gasteiger partial charge in [-0.15, -0.1) is 0 Å². The zero-order valence-electron chi connectivity index (χ0n) is 9.71. The Labute approximate surface area is 87.4 Å². The molecule has 0 aliphatic carbocycles. The predicted molar refractivity (Wildman–Crippen MR) is 58.3 cm³/mol. The van der Waals surface area contributed by atoms with Gasteiger partial charge < -0.3 is 9.64 Å². The fourth-order valence-corrected chi connectivity index (χ4v) is 1.37. The molecule has 0 saturated heterocycles.